The van der Waals surface area contributed by atoms with Gasteiger partial charge in [-0.1, -0.05) is 26.0 Å². The van der Waals surface area contributed by atoms with Crippen molar-refractivity contribution in [3.63, 3.8) is 0 Å². The van der Waals surface area contributed by atoms with Crippen molar-refractivity contribution in [1.29, 1.82) is 0 Å². The molecule has 3 rings (SSSR count). The molecule has 7 heteroatoms. The molecule has 166 valence electrons. The molecule has 2 aromatic rings. The van der Waals surface area contributed by atoms with E-state index in [1.54, 1.807) is 6.07 Å². The van der Waals surface area contributed by atoms with Gasteiger partial charge in [0.2, 0.25) is 11.8 Å². The molecule has 2 unspecified atom stereocenters. The van der Waals surface area contributed by atoms with Gasteiger partial charge in [-0.3, -0.25) is 9.59 Å². The number of carbonyl (C=O) groups excluding carboxylic acids is 2. The van der Waals surface area contributed by atoms with Gasteiger partial charge in [0.15, 0.2) is 11.5 Å². The summed E-state index contributed by atoms with van der Waals surface area (Å²) in [5.74, 6) is -0.395. The third-order valence-corrected chi connectivity index (χ3v) is 5.12. The first kappa shape index (κ1) is 22.6. The first-order valence-corrected chi connectivity index (χ1v) is 10.7. The molecule has 0 bridgehead atoms. The topological polar surface area (TPSA) is 76.7 Å². The van der Waals surface area contributed by atoms with Crippen LogP contribution in [0.25, 0.3) is 0 Å². The van der Waals surface area contributed by atoms with Crippen molar-refractivity contribution in [2.24, 2.45) is 0 Å². The normalized spacial score (nSPS) is 16.1. The van der Waals surface area contributed by atoms with Crippen LogP contribution in [0, 0.1) is 5.82 Å². The van der Waals surface area contributed by atoms with Crippen LogP contribution in [0.2, 0.25) is 0 Å². The minimum Gasteiger partial charge on any atom is -0.490 e. The summed E-state index contributed by atoms with van der Waals surface area (Å²) in [5.41, 5.74) is 1.82. The minimum atomic E-state index is -0.672. The molecule has 0 saturated carbocycles. The SMILES string of the molecule is CCCOc1ccc(C(C)NC(=O)C2CC(=O)Nc3cc(F)ccc32)cc1OCCC. The Morgan fingerprint density at radius 1 is 1.13 bits per heavy atom. The van der Waals surface area contributed by atoms with Crippen LogP contribution < -0.4 is 20.1 Å². The maximum Gasteiger partial charge on any atom is 0.228 e. The predicted octanol–water partition coefficient (Wildman–Crippen LogP) is 4.71. The molecular weight excluding hydrogens is 399 g/mol. The molecule has 1 heterocycles. The molecule has 2 aromatic carbocycles. The van der Waals surface area contributed by atoms with Gasteiger partial charge >= 0.3 is 0 Å². The molecule has 31 heavy (non-hydrogen) atoms. The van der Waals surface area contributed by atoms with Crippen molar-refractivity contribution in [3.05, 3.63) is 53.3 Å². The highest BCUT2D eigenvalue weighted by Gasteiger charge is 2.31. The lowest BCUT2D eigenvalue weighted by molar-refractivity contribution is -0.126. The zero-order chi connectivity index (χ0) is 22.4. The largest absolute Gasteiger partial charge is 0.490 e. The molecule has 0 fully saturated rings. The fourth-order valence-corrected chi connectivity index (χ4v) is 3.52. The average molecular weight is 429 g/mol. The third-order valence-electron chi connectivity index (χ3n) is 5.12. The van der Waals surface area contributed by atoms with Crippen LogP contribution in [-0.2, 0) is 9.59 Å². The lowest BCUT2D eigenvalue weighted by Crippen LogP contribution is -2.36. The Morgan fingerprint density at radius 3 is 2.55 bits per heavy atom. The smallest absolute Gasteiger partial charge is 0.228 e. The van der Waals surface area contributed by atoms with Gasteiger partial charge in [0.05, 0.1) is 25.2 Å². The molecule has 2 N–H and O–H groups in total. The number of hydrogen-bond donors (Lipinski definition) is 2. The van der Waals surface area contributed by atoms with Crippen molar-refractivity contribution in [1.82, 2.24) is 5.32 Å². The monoisotopic (exact) mass is 428 g/mol. The van der Waals surface area contributed by atoms with Gasteiger partial charge in [-0.2, -0.15) is 0 Å². The second-order valence-corrected chi connectivity index (χ2v) is 7.67. The molecule has 0 radical (unpaired) electrons. The lowest BCUT2D eigenvalue weighted by atomic mass is 9.89. The number of hydrogen-bond acceptors (Lipinski definition) is 4. The standard InChI is InChI=1S/C24H29FN2O4/c1-4-10-30-21-9-6-16(12-22(21)31-11-5-2)15(3)26-24(29)19-14-23(28)27-20-13-17(25)7-8-18(19)20/h6-9,12-13,15,19H,4-5,10-11,14H2,1-3H3,(H,26,29)(H,27,28). The van der Waals surface area contributed by atoms with Crippen LogP contribution in [0.1, 0.15) is 63.1 Å². The maximum absolute atomic E-state index is 13.5. The minimum absolute atomic E-state index is 0.0197. The van der Waals surface area contributed by atoms with Gasteiger partial charge in [-0.15, -0.1) is 0 Å². The second-order valence-electron chi connectivity index (χ2n) is 7.67. The predicted molar refractivity (Wildman–Crippen MR) is 117 cm³/mol. The molecule has 2 amide bonds. The summed E-state index contributed by atoms with van der Waals surface area (Å²) >= 11 is 0. The Kier molecular flexibility index (Phi) is 7.50. The summed E-state index contributed by atoms with van der Waals surface area (Å²) in [7, 11) is 0. The maximum atomic E-state index is 13.5. The van der Waals surface area contributed by atoms with Crippen molar-refractivity contribution in [2.75, 3.05) is 18.5 Å². The number of ether oxygens (including phenoxy) is 2. The van der Waals surface area contributed by atoms with Crippen LogP contribution in [0.3, 0.4) is 0 Å². The van der Waals surface area contributed by atoms with E-state index in [9.17, 15) is 14.0 Å². The summed E-state index contributed by atoms with van der Waals surface area (Å²) in [6.45, 7) is 7.10. The Morgan fingerprint density at radius 2 is 1.84 bits per heavy atom. The Bertz CT molecular complexity index is 947. The number of carbonyl (C=O) groups is 2. The molecule has 0 aromatic heterocycles. The zero-order valence-corrected chi connectivity index (χ0v) is 18.2. The zero-order valence-electron chi connectivity index (χ0n) is 18.2. The Labute approximate surface area is 182 Å². The Balaban J connectivity index is 1.77. The number of halogens is 1. The lowest BCUT2D eigenvalue weighted by Gasteiger charge is -2.26. The summed E-state index contributed by atoms with van der Waals surface area (Å²) in [6, 6.07) is 9.40. The quantitative estimate of drug-likeness (QED) is 0.607. The second kappa shape index (κ2) is 10.3. The van der Waals surface area contributed by atoms with Crippen molar-refractivity contribution in [2.45, 2.75) is 52.0 Å². The number of rotatable bonds is 9. The van der Waals surface area contributed by atoms with E-state index >= 15 is 0 Å². The third kappa shape index (κ3) is 5.54. The van der Waals surface area contributed by atoms with E-state index in [0.717, 1.165) is 18.4 Å². The molecule has 1 aliphatic heterocycles. The van der Waals surface area contributed by atoms with Gasteiger partial charge in [-0.25, -0.2) is 4.39 Å². The van der Waals surface area contributed by atoms with Crippen LogP contribution >= 0.6 is 0 Å². The van der Waals surface area contributed by atoms with Crippen molar-refractivity contribution >= 4 is 17.5 Å². The van der Waals surface area contributed by atoms with Gasteiger partial charge in [0.1, 0.15) is 5.82 Å². The molecule has 2 atom stereocenters. The summed E-state index contributed by atoms with van der Waals surface area (Å²) < 4.78 is 25.2. The number of nitrogens with one attached hydrogen (secondary N) is 2. The van der Waals surface area contributed by atoms with Gasteiger partial charge in [-0.05, 0) is 55.2 Å². The highest BCUT2D eigenvalue weighted by Crippen LogP contribution is 2.34. The molecule has 0 aliphatic carbocycles. The van der Waals surface area contributed by atoms with Crippen LogP contribution in [0.15, 0.2) is 36.4 Å². The van der Waals surface area contributed by atoms with Crippen LogP contribution in [-0.4, -0.2) is 25.0 Å². The molecule has 6 nitrogen and oxygen atoms in total. The molecule has 0 saturated heterocycles. The van der Waals surface area contributed by atoms with Gasteiger partial charge in [0.25, 0.3) is 0 Å². The van der Waals surface area contributed by atoms with Gasteiger partial charge in [0, 0.05) is 12.1 Å². The number of fused-ring (bicyclic) bond motifs is 1. The van der Waals surface area contributed by atoms with E-state index < -0.39 is 11.7 Å². The first-order chi connectivity index (χ1) is 14.9. The number of amides is 2. The summed E-state index contributed by atoms with van der Waals surface area (Å²) in [6.07, 6.45) is 1.78. The summed E-state index contributed by atoms with van der Waals surface area (Å²) in [4.78, 5) is 25.0. The fourth-order valence-electron chi connectivity index (χ4n) is 3.52. The molecule has 1 aliphatic rings. The van der Waals surface area contributed by atoms with Crippen molar-refractivity contribution in [3.8, 4) is 11.5 Å². The highest BCUT2D eigenvalue weighted by atomic mass is 19.1. The highest BCUT2D eigenvalue weighted by molar-refractivity contribution is 6.01. The van der Waals surface area contributed by atoms with E-state index in [1.807, 2.05) is 39.0 Å². The van der Waals surface area contributed by atoms with E-state index in [0.29, 0.717) is 36.0 Å². The van der Waals surface area contributed by atoms with Crippen LogP contribution in [0.4, 0.5) is 10.1 Å². The Hall–Kier alpha value is -3.09. The fraction of sp³-hybridized carbons (Fsp3) is 0.417. The number of anilines is 1. The van der Waals surface area contributed by atoms with Crippen molar-refractivity contribution < 1.29 is 23.5 Å². The molecule has 0 spiro atoms. The average Bonchev–Trinajstić information content (AvgIpc) is 2.75. The van der Waals surface area contributed by atoms with E-state index in [1.165, 1.54) is 12.1 Å². The van der Waals surface area contributed by atoms with E-state index in [4.69, 9.17) is 9.47 Å². The first-order valence-electron chi connectivity index (χ1n) is 10.7. The van der Waals surface area contributed by atoms with Crippen LogP contribution in [0.5, 0.6) is 11.5 Å². The number of benzene rings is 2. The van der Waals surface area contributed by atoms with Gasteiger partial charge < -0.3 is 20.1 Å². The summed E-state index contributed by atoms with van der Waals surface area (Å²) in [5, 5.41) is 5.61. The van der Waals surface area contributed by atoms with E-state index in [2.05, 4.69) is 10.6 Å². The van der Waals surface area contributed by atoms with E-state index in [-0.39, 0.29) is 24.3 Å². The molecular formula is C24H29FN2O4.